The van der Waals surface area contributed by atoms with Crippen molar-refractivity contribution >= 4 is 5.91 Å². The van der Waals surface area contributed by atoms with Crippen molar-refractivity contribution in [1.82, 2.24) is 9.80 Å². The van der Waals surface area contributed by atoms with Gasteiger partial charge in [0.15, 0.2) is 0 Å². The highest BCUT2D eigenvalue weighted by atomic mass is 16.5. The van der Waals surface area contributed by atoms with Crippen molar-refractivity contribution in [3.05, 3.63) is 35.9 Å². The average molecular weight is 377 g/mol. The molecule has 1 aromatic carbocycles. The lowest BCUT2D eigenvalue weighted by Gasteiger charge is -2.22. The van der Waals surface area contributed by atoms with Crippen LogP contribution in [-0.4, -0.2) is 61.6 Å². The normalized spacial score (nSPS) is 17.8. The van der Waals surface area contributed by atoms with Crippen molar-refractivity contribution in [2.75, 3.05) is 39.8 Å². The standard InChI is InChI=1S/C21H34N2O2.C2H6/c1-18(2)11-14-23-13-7-10-20(12-15-23)25-17-16-22(3)21(24)19-8-5-4-6-9-19;1-2/h4-6,8-9,18,20H,7,10-17H2,1-3H3;1-2H3. The zero-order chi connectivity index (χ0) is 20.1. The van der Waals surface area contributed by atoms with Crippen LogP contribution in [-0.2, 0) is 4.74 Å². The van der Waals surface area contributed by atoms with Crippen LogP contribution in [0.15, 0.2) is 30.3 Å². The van der Waals surface area contributed by atoms with Crippen LogP contribution in [0.5, 0.6) is 0 Å². The van der Waals surface area contributed by atoms with E-state index in [2.05, 4.69) is 18.7 Å². The number of ether oxygens (including phenoxy) is 1. The summed E-state index contributed by atoms with van der Waals surface area (Å²) in [5.74, 6) is 0.831. The van der Waals surface area contributed by atoms with Gasteiger partial charge in [0, 0.05) is 25.7 Å². The Morgan fingerprint density at radius 2 is 1.89 bits per heavy atom. The second-order valence-corrected chi connectivity index (χ2v) is 7.54. The summed E-state index contributed by atoms with van der Waals surface area (Å²) in [4.78, 5) is 16.6. The Labute approximate surface area is 166 Å². The first kappa shape index (κ1) is 23.6. The monoisotopic (exact) mass is 376 g/mol. The van der Waals surface area contributed by atoms with E-state index < -0.39 is 0 Å². The van der Waals surface area contributed by atoms with Crippen molar-refractivity contribution in [3.63, 3.8) is 0 Å². The largest absolute Gasteiger partial charge is 0.376 e. The van der Waals surface area contributed by atoms with E-state index >= 15 is 0 Å². The molecule has 0 radical (unpaired) electrons. The SMILES string of the molecule is CC.CC(C)CCN1CCCC(OCCN(C)C(=O)c2ccccc2)CC1. The highest BCUT2D eigenvalue weighted by Crippen LogP contribution is 2.15. The van der Waals surface area contributed by atoms with Gasteiger partial charge in [-0.25, -0.2) is 0 Å². The predicted octanol–water partition coefficient (Wildman–Crippen LogP) is 4.70. The highest BCUT2D eigenvalue weighted by Gasteiger charge is 2.18. The minimum absolute atomic E-state index is 0.0601. The van der Waals surface area contributed by atoms with Gasteiger partial charge in [-0.1, -0.05) is 45.9 Å². The first-order valence-corrected chi connectivity index (χ1v) is 10.7. The molecule has 0 aliphatic carbocycles. The molecule has 154 valence electrons. The molecule has 4 nitrogen and oxygen atoms in total. The molecular formula is C23H40N2O2. The Morgan fingerprint density at radius 1 is 1.19 bits per heavy atom. The second kappa shape index (κ2) is 13.7. The lowest BCUT2D eigenvalue weighted by atomic mass is 10.1. The van der Waals surface area contributed by atoms with Gasteiger partial charge in [0.1, 0.15) is 0 Å². The zero-order valence-electron chi connectivity index (χ0n) is 18.1. The second-order valence-electron chi connectivity index (χ2n) is 7.54. The topological polar surface area (TPSA) is 32.8 Å². The molecule has 1 unspecified atom stereocenters. The van der Waals surface area contributed by atoms with Gasteiger partial charge in [-0.2, -0.15) is 0 Å². The van der Waals surface area contributed by atoms with Crippen molar-refractivity contribution in [3.8, 4) is 0 Å². The average Bonchev–Trinajstić information content (AvgIpc) is 2.93. The van der Waals surface area contributed by atoms with Gasteiger partial charge in [-0.3, -0.25) is 4.79 Å². The molecule has 0 aromatic heterocycles. The van der Waals surface area contributed by atoms with Gasteiger partial charge in [0.05, 0.1) is 12.7 Å². The van der Waals surface area contributed by atoms with Gasteiger partial charge in [-0.05, 0) is 56.8 Å². The van der Waals surface area contributed by atoms with Crippen LogP contribution in [0.25, 0.3) is 0 Å². The number of likely N-dealkylation sites (tertiary alicyclic amines) is 1. The maximum absolute atomic E-state index is 12.3. The molecule has 1 fully saturated rings. The number of carbonyl (C=O) groups excluding carboxylic acids is 1. The van der Waals surface area contributed by atoms with E-state index in [1.54, 1.807) is 4.90 Å². The number of benzene rings is 1. The summed E-state index contributed by atoms with van der Waals surface area (Å²) in [6.07, 6.45) is 5.06. The summed E-state index contributed by atoms with van der Waals surface area (Å²) in [5, 5.41) is 0. The number of rotatable bonds is 8. The first-order chi connectivity index (χ1) is 13.1. The van der Waals surface area contributed by atoms with E-state index in [4.69, 9.17) is 4.74 Å². The Bertz CT molecular complexity index is 504. The van der Waals surface area contributed by atoms with Gasteiger partial charge in [0.25, 0.3) is 5.91 Å². The summed E-state index contributed by atoms with van der Waals surface area (Å²) >= 11 is 0. The smallest absolute Gasteiger partial charge is 0.253 e. The summed E-state index contributed by atoms with van der Waals surface area (Å²) in [6, 6.07) is 9.44. The third-order valence-electron chi connectivity index (χ3n) is 4.94. The van der Waals surface area contributed by atoms with E-state index in [0.717, 1.165) is 30.9 Å². The zero-order valence-corrected chi connectivity index (χ0v) is 18.1. The maximum atomic E-state index is 12.3. The number of likely N-dealkylation sites (N-methyl/N-ethyl adjacent to an activating group) is 1. The fourth-order valence-corrected chi connectivity index (χ4v) is 3.22. The third kappa shape index (κ3) is 9.39. The highest BCUT2D eigenvalue weighted by molar-refractivity contribution is 5.93. The Kier molecular flexibility index (Phi) is 12.0. The number of carbonyl (C=O) groups is 1. The number of hydrogen-bond acceptors (Lipinski definition) is 3. The van der Waals surface area contributed by atoms with Gasteiger partial charge in [0.2, 0.25) is 0 Å². The fourth-order valence-electron chi connectivity index (χ4n) is 3.22. The van der Waals surface area contributed by atoms with Crippen LogP contribution in [0, 0.1) is 5.92 Å². The quantitative estimate of drug-likeness (QED) is 0.659. The number of nitrogens with zero attached hydrogens (tertiary/aromatic N) is 2. The molecule has 2 rings (SSSR count). The predicted molar refractivity (Wildman–Crippen MR) is 114 cm³/mol. The minimum atomic E-state index is 0.0601. The summed E-state index contributed by atoms with van der Waals surface area (Å²) in [6.45, 7) is 13.4. The molecule has 1 aromatic rings. The lowest BCUT2D eigenvalue weighted by Crippen LogP contribution is -2.31. The van der Waals surface area contributed by atoms with Crippen molar-refractivity contribution in [1.29, 1.82) is 0 Å². The third-order valence-corrected chi connectivity index (χ3v) is 4.94. The molecule has 1 atom stereocenters. The van der Waals surface area contributed by atoms with E-state index in [1.165, 1.54) is 25.9 Å². The van der Waals surface area contributed by atoms with Crippen LogP contribution in [0.2, 0.25) is 0 Å². The molecule has 27 heavy (non-hydrogen) atoms. The van der Waals surface area contributed by atoms with Crippen LogP contribution in [0.3, 0.4) is 0 Å². The number of hydrogen-bond donors (Lipinski definition) is 0. The van der Waals surface area contributed by atoms with Crippen LogP contribution in [0.4, 0.5) is 0 Å². The van der Waals surface area contributed by atoms with Crippen LogP contribution in [0.1, 0.15) is 63.7 Å². The number of amides is 1. The van der Waals surface area contributed by atoms with E-state index in [9.17, 15) is 4.79 Å². The van der Waals surface area contributed by atoms with Crippen molar-refractivity contribution in [2.45, 2.75) is 59.5 Å². The Morgan fingerprint density at radius 3 is 2.56 bits per heavy atom. The van der Waals surface area contributed by atoms with E-state index in [1.807, 2.05) is 51.2 Å². The molecule has 4 heteroatoms. The minimum Gasteiger partial charge on any atom is -0.376 e. The molecule has 1 aliphatic rings. The maximum Gasteiger partial charge on any atom is 0.253 e. The molecular weight excluding hydrogens is 336 g/mol. The molecule has 0 N–H and O–H groups in total. The van der Waals surface area contributed by atoms with Gasteiger partial charge >= 0.3 is 0 Å². The molecule has 1 amide bonds. The van der Waals surface area contributed by atoms with Crippen LogP contribution < -0.4 is 0 Å². The molecule has 0 saturated carbocycles. The molecule has 1 heterocycles. The molecule has 0 bridgehead atoms. The van der Waals surface area contributed by atoms with Crippen molar-refractivity contribution in [2.24, 2.45) is 5.92 Å². The summed E-state index contributed by atoms with van der Waals surface area (Å²) in [7, 11) is 1.85. The fraction of sp³-hybridized carbons (Fsp3) is 0.696. The lowest BCUT2D eigenvalue weighted by molar-refractivity contribution is 0.0304. The molecule has 0 spiro atoms. The Balaban J connectivity index is 0.00000176. The molecule has 1 aliphatic heterocycles. The Hall–Kier alpha value is -1.39. The van der Waals surface area contributed by atoms with E-state index in [0.29, 0.717) is 19.3 Å². The van der Waals surface area contributed by atoms with Gasteiger partial charge < -0.3 is 14.5 Å². The first-order valence-electron chi connectivity index (χ1n) is 10.7. The summed E-state index contributed by atoms with van der Waals surface area (Å²) in [5.41, 5.74) is 0.736. The molecule has 1 saturated heterocycles. The summed E-state index contributed by atoms with van der Waals surface area (Å²) < 4.78 is 6.07. The van der Waals surface area contributed by atoms with Gasteiger partial charge in [-0.15, -0.1) is 0 Å². The van der Waals surface area contributed by atoms with Crippen molar-refractivity contribution < 1.29 is 9.53 Å². The van der Waals surface area contributed by atoms with Crippen LogP contribution >= 0.6 is 0 Å². The van der Waals surface area contributed by atoms with E-state index in [-0.39, 0.29) is 5.91 Å².